The minimum atomic E-state index is -5.38. The summed E-state index contributed by atoms with van der Waals surface area (Å²) in [5, 5.41) is 0. The van der Waals surface area contributed by atoms with Gasteiger partial charge in [0.15, 0.2) is 0 Å². The average Bonchev–Trinajstić information content (AvgIpc) is 2.20. The molecular weight excluding hydrogens is 722 g/mol. The standard InChI is InChI=1S/CH3F.3CH4.6ClH.2K.2Na.O4S2.Os/c1-2;;;;;;;;;;;;;;1-5(2)6(3)4;/h1H3;3*1H4;6*1H;;;;;;/q;;;;;;;;;;;;;;;+6/p-6/i1D;;;;;;;;;;;;;;;. The van der Waals surface area contributed by atoms with Crippen LogP contribution in [0.5, 0.6) is 0 Å². The zero-order chi connectivity index (χ0) is 18.3. The Labute approximate surface area is 233 Å². The number of hydrogen-bond donors (Lipinski definition) is 0. The average molecular weight is 738 g/mol. The second-order valence-electron chi connectivity index (χ2n) is 1.17. The third-order valence-electron chi connectivity index (χ3n) is 0.111. The van der Waals surface area contributed by atoms with E-state index in [0.29, 0.717) is 0 Å². The predicted molar refractivity (Wildman–Crippen MR) is 103 cm³/mol. The molecule has 22 heavy (non-hydrogen) atoms. The van der Waals surface area contributed by atoms with E-state index in [1.54, 1.807) is 0 Å². The normalized spacial score (nSPS) is 11.0. The summed E-state index contributed by atoms with van der Waals surface area (Å²) in [7, 11) is 23.5. The Morgan fingerprint density at radius 3 is 0.909 bits per heavy atom. The Morgan fingerprint density at radius 2 is 0.909 bits per heavy atom. The second kappa shape index (κ2) is 26.3. The van der Waals surface area contributed by atoms with Crippen LogP contribution >= 0.6 is 57.8 Å². The summed E-state index contributed by atoms with van der Waals surface area (Å²) in [6, 6.07) is 0. The summed E-state index contributed by atoms with van der Waals surface area (Å²) in [4.78, 5) is 0. The molecule has 0 bridgehead atoms. The number of rotatable bonds is 0. The van der Waals surface area contributed by atoms with Crippen molar-refractivity contribution < 1.29 is 29.2 Å². The van der Waals surface area contributed by atoms with Gasteiger partial charge in [-0.05, 0) is 0 Å². The van der Waals surface area contributed by atoms with Crippen molar-refractivity contribution in [2.45, 2.75) is 22.3 Å². The van der Waals surface area contributed by atoms with E-state index in [0.717, 1.165) is 0 Å². The zero-order valence-electron chi connectivity index (χ0n) is 11.2. The Hall–Kier alpha value is 7.22. The fourth-order valence-corrected chi connectivity index (χ4v) is 0. The topological polar surface area (TPSA) is 68.3 Å². The van der Waals surface area contributed by atoms with E-state index in [-0.39, 0.29) is 22.3 Å². The Morgan fingerprint density at radius 1 is 0.864 bits per heavy atom. The molecule has 0 fully saturated rings. The zero-order valence-corrected chi connectivity index (χ0v) is 29.1. The quantitative estimate of drug-likeness (QED) is 0.356. The van der Waals surface area contributed by atoms with Crippen LogP contribution in [0.25, 0.3) is 0 Å². The van der Waals surface area contributed by atoms with Crippen LogP contribution in [0.4, 0.5) is 4.39 Å². The summed E-state index contributed by atoms with van der Waals surface area (Å²) in [6.07, 6.45) is 0. The number of halogens is 7. The van der Waals surface area contributed by atoms with Crippen LogP contribution in [-0.2, 0) is 25.2 Å². The van der Waals surface area contributed by atoms with Gasteiger partial charge < -0.3 is 0 Å². The Bertz CT molecular complexity index is 406. The molecule has 0 heterocycles. The first-order valence-corrected chi connectivity index (χ1v) is 49.5. The van der Waals surface area contributed by atoms with Gasteiger partial charge in [-0.15, -0.1) is 0 Å². The summed E-state index contributed by atoms with van der Waals surface area (Å²) in [6.45, 7) is -5.38. The van der Waals surface area contributed by atoms with Crippen molar-refractivity contribution in [3.8, 4) is 0 Å². The van der Waals surface area contributed by atoms with Crippen LogP contribution in [0.15, 0.2) is 0 Å². The second-order valence-corrected chi connectivity index (χ2v) is 58.7. The van der Waals surface area contributed by atoms with Crippen molar-refractivity contribution in [3.05, 3.63) is 0 Å². The van der Waals surface area contributed by atoms with E-state index in [1.165, 1.54) is 107 Å². The Balaban J connectivity index is -0.0000000216. The van der Waals surface area contributed by atoms with Crippen LogP contribution in [-0.4, -0.2) is 131 Å². The van der Waals surface area contributed by atoms with Gasteiger partial charge in [0.1, 0.15) is 0 Å². The molecule has 0 radical (unpaired) electrons. The van der Waals surface area contributed by atoms with Gasteiger partial charge in [-0.2, -0.15) is 16.8 Å². The fraction of sp³-hybridized carbons (Fsp3) is 1.00. The van der Waals surface area contributed by atoms with Crippen molar-refractivity contribution in [2.75, 3.05) is 7.15 Å². The SMILES string of the molecule is C.C.C.O=S(=O)=S(=O)=O.[2H]CF.[Cl][Os]([Cl])([Cl])([Cl])([Cl])[Cl].[K][K].[Na][Na]. The van der Waals surface area contributed by atoms with Crippen molar-refractivity contribution in [3.63, 3.8) is 0 Å². The molecule has 0 saturated heterocycles. The van der Waals surface area contributed by atoms with Gasteiger partial charge in [-0.3, -0.25) is 4.39 Å². The molecule has 0 N–H and O–H groups in total. The molecule has 0 atom stereocenters. The van der Waals surface area contributed by atoms with Gasteiger partial charge in [0.05, 0.1) is 8.52 Å². The van der Waals surface area contributed by atoms with Crippen molar-refractivity contribution in [1.82, 2.24) is 0 Å². The van der Waals surface area contributed by atoms with Crippen LogP contribution < -0.4 is 0 Å². The summed E-state index contributed by atoms with van der Waals surface area (Å²) >= 11 is 5.39. The van der Waals surface area contributed by atoms with Gasteiger partial charge in [0, 0.05) is 0 Å². The number of alkyl halides is 1. The Kier molecular flexibility index (Phi) is 56.2. The molecule has 0 aliphatic rings. The predicted octanol–water partition coefficient (Wildman–Crippen LogP) is 3.76. The van der Waals surface area contributed by atoms with Crippen molar-refractivity contribution in [1.29, 1.82) is 0 Å². The van der Waals surface area contributed by atoms with Crippen LogP contribution in [0, 0.1) is 0 Å². The van der Waals surface area contributed by atoms with Crippen LogP contribution in [0.2, 0.25) is 0 Å². The molecule has 0 saturated carbocycles. The number of hydrogen-bond acceptors (Lipinski definition) is 4. The molecule has 0 unspecified atom stereocenters. The molecule has 0 aliphatic heterocycles. The van der Waals surface area contributed by atoms with Crippen LogP contribution in [0.3, 0.4) is 0 Å². The molecule has 0 amide bonds. The van der Waals surface area contributed by atoms with Crippen LogP contribution in [0.1, 0.15) is 23.7 Å². The maximum absolute atomic E-state index is 9.96. The molecule has 0 aromatic rings. The third kappa shape index (κ3) is 149. The molecule has 0 spiro atoms. The molecule has 0 aromatic heterocycles. The molecule has 0 aromatic carbocycles. The fourth-order valence-electron chi connectivity index (χ4n) is 0. The molecule has 128 valence electrons. The van der Waals surface area contributed by atoms with E-state index < -0.39 is 32.3 Å². The summed E-state index contributed by atoms with van der Waals surface area (Å²) < 4.78 is 51.8. The molecule has 18 heteroatoms. The molecular formula is C4H15Cl6FK2Na2O4OsS2. The molecule has 0 aliphatic carbocycles. The van der Waals surface area contributed by atoms with E-state index in [9.17, 15) is 4.39 Å². The minimum absolute atomic E-state index is 0. The van der Waals surface area contributed by atoms with E-state index in [1.807, 2.05) is 0 Å². The monoisotopic (exact) mass is 737 g/mol. The summed E-state index contributed by atoms with van der Waals surface area (Å²) in [5.74, 6) is 0. The van der Waals surface area contributed by atoms with E-state index in [2.05, 4.69) is 0 Å². The first-order chi connectivity index (χ1) is 8.51. The third-order valence-corrected chi connectivity index (χ3v) is 1.00. The van der Waals surface area contributed by atoms with Crippen molar-refractivity contribution >= 4 is 183 Å². The van der Waals surface area contributed by atoms with E-state index in [4.69, 9.17) is 76.0 Å². The molecule has 0 rings (SSSR count). The summed E-state index contributed by atoms with van der Waals surface area (Å²) in [5.41, 5.74) is 0. The van der Waals surface area contributed by atoms with Gasteiger partial charge in [-0.25, -0.2) is 0 Å². The van der Waals surface area contributed by atoms with Gasteiger partial charge >= 0.3 is 190 Å². The van der Waals surface area contributed by atoms with E-state index >= 15 is 0 Å². The maximum atomic E-state index is 9.96. The van der Waals surface area contributed by atoms with Gasteiger partial charge in [0.25, 0.3) is 0 Å². The first-order valence-electron chi connectivity index (χ1n) is 4.61. The molecule has 4 nitrogen and oxygen atoms in total. The van der Waals surface area contributed by atoms with Gasteiger partial charge in [0.2, 0.25) is 0 Å². The van der Waals surface area contributed by atoms with Crippen molar-refractivity contribution in [2.24, 2.45) is 0 Å². The van der Waals surface area contributed by atoms with Gasteiger partial charge in [-0.1, -0.05) is 22.3 Å². The first kappa shape index (κ1) is 47.1.